The summed E-state index contributed by atoms with van der Waals surface area (Å²) in [6, 6.07) is 0. The minimum Gasteiger partial charge on any atom is -0.378 e. The second-order valence-corrected chi connectivity index (χ2v) is 4.27. The predicted molar refractivity (Wildman–Crippen MR) is 75.0 cm³/mol. The minimum absolute atomic E-state index is 0. The molecule has 0 amide bonds. The number of aryl methyl sites for hydroxylation is 3. The molecule has 0 saturated heterocycles. The van der Waals surface area contributed by atoms with Crippen molar-refractivity contribution in [2.75, 3.05) is 5.32 Å². The van der Waals surface area contributed by atoms with Gasteiger partial charge in [-0.05, 0) is 13.3 Å². The van der Waals surface area contributed by atoms with E-state index in [9.17, 15) is 0 Å². The molecule has 2 rings (SSSR count). The standard InChI is InChI=1S/C12H19N5.ClH/c1-4-5-17-8-11(7-14-17)6-13-12-9-16(3)15-10(12)2;/h7-9,13H,4-6H2,1-3H3;1H. The Morgan fingerprint density at radius 3 is 2.72 bits per heavy atom. The molecule has 0 radical (unpaired) electrons. The van der Waals surface area contributed by atoms with Gasteiger partial charge in [0.05, 0.1) is 17.6 Å². The first-order chi connectivity index (χ1) is 8.19. The van der Waals surface area contributed by atoms with E-state index in [2.05, 4.69) is 28.6 Å². The molecule has 2 aromatic rings. The summed E-state index contributed by atoms with van der Waals surface area (Å²) in [5, 5.41) is 12.0. The number of hydrogen-bond acceptors (Lipinski definition) is 3. The quantitative estimate of drug-likeness (QED) is 0.907. The lowest BCUT2D eigenvalue weighted by Gasteiger charge is -2.01. The molecule has 0 aliphatic carbocycles. The lowest BCUT2D eigenvalue weighted by Crippen LogP contribution is -1.99. The zero-order valence-electron chi connectivity index (χ0n) is 11.1. The summed E-state index contributed by atoms with van der Waals surface area (Å²) in [6.45, 7) is 5.92. The van der Waals surface area contributed by atoms with Crippen molar-refractivity contribution < 1.29 is 0 Å². The van der Waals surface area contributed by atoms with Crippen LogP contribution in [0.1, 0.15) is 24.6 Å². The Balaban J connectivity index is 0.00000162. The number of halogens is 1. The maximum Gasteiger partial charge on any atom is 0.0825 e. The highest BCUT2D eigenvalue weighted by Gasteiger charge is 2.03. The van der Waals surface area contributed by atoms with Crippen LogP contribution in [0.25, 0.3) is 0 Å². The molecule has 0 atom stereocenters. The topological polar surface area (TPSA) is 47.7 Å². The van der Waals surface area contributed by atoms with E-state index in [4.69, 9.17) is 0 Å². The second-order valence-electron chi connectivity index (χ2n) is 4.27. The molecule has 0 saturated carbocycles. The normalized spacial score (nSPS) is 10.2. The number of aromatic nitrogens is 4. The highest BCUT2D eigenvalue weighted by molar-refractivity contribution is 5.85. The monoisotopic (exact) mass is 269 g/mol. The van der Waals surface area contributed by atoms with Crippen LogP contribution < -0.4 is 5.32 Å². The van der Waals surface area contributed by atoms with Gasteiger partial charge in [0.25, 0.3) is 0 Å². The van der Waals surface area contributed by atoms with E-state index in [1.54, 1.807) is 0 Å². The van der Waals surface area contributed by atoms with E-state index in [0.717, 1.165) is 30.9 Å². The van der Waals surface area contributed by atoms with Crippen LogP contribution >= 0.6 is 12.4 Å². The maximum atomic E-state index is 4.30. The number of hydrogen-bond donors (Lipinski definition) is 1. The summed E-state index contributed by atoms with van der Waals surface area (Å²) in [7, 11) is 1.93. The first-order valence-corrected chi connectivity index (χ1v) is 5.94. The van der Waals surface area contributed by atoms with Crippen LogP contribution in [0, 0.1) is 6.92 Å². The van der Waals surface area contributed by atoms with Gasteiger partial charge in [0.2, 0.25) is 0 Å². The van der Waals surface area contributed by atoms with E-state index in [1.165, 1.54) is 5.56 Å². The van der Waals surface area contributed by atoms with Gasteiger partial charge in [-0.3, -0.25) is 9.36 Å². The Bertz CT molecular complexity index is 488. The van der Waals surface area contributed by atoms with E-state index < -0.39 is 0 Å². The Morgan fingerprint density at radius 2 is 2.11 bits per heavy atom. The van der Waals surface area contributed by atoms with Gasteiger partial charge in [-0.25, -0.2) is 0 Å². The van der Waals surface area contributed by atoms with Crippen LogP contribution in [0.3, 0.4) is 0 Å². The molecule has 5 nitrogen and oxygen atoms in total. The predicted octanol–water partition coefficient (Wildman–Crippen LogP) is 2.37. The van der Waals surface area contributed by atoms with Crippen molar-refractivity contribution in [1.82, 2.24) is 19.6 Å². The summed E-state index contributed by atoms with van der Waals surface area (Å²) in [5.74, 6) is 0. The summed E-state index contributed by atoms with van der Waals surface area (Å²) >= 11 is 0. The zero-order chi connectivity index (χ0) is 12.3. The largest absolute Gasteiger partial charge is 0.378 e. The third kappa shape index (κ3) is 3.50. The number of nitrogens with zero attached hydrogens (tertiary/aromatic N) is 4. The zero-order valence-corrected chi connectivity index (χ0v) is 11.9. The van der Waals surface area contributed by atoms with Crippen molar-refractivity contribution in [3.8, 4) is 0 Å². The molecular formula is C12H20ClN5. The van der Waals surface area contributed by atoms with E-state index in [0.29, 0.717) is 0 Å². The molecule has 0 bridgehead atoms. The molecule has 2 heterocycles. The number of rotatable bonds is 5. The number of anilines is 1. The van der Waals surface area contributed by atoms with Gasteiger partial charge in [-0.2, -0.15) is 10.2 Å². The van der Waals surface area contributed by atoms with Gasteiger partial charge >= 0.3 is 0 Å². The summed E-state index contributed by atoms with van der Waals surface area (Å²) < 4.78 is 3.80. The summed E-state index contributed by atoms with van der Waals surface area (Å²) in [6.07, 6.45) is 7.10. The van der Waals surface area contributed by atoms with Crippen molar-refractivity contribution in [1.29, 1.82) is 0 Å². The fourth-order valence-electron chi connectivity index (χ4n) is 1.82. The lowest BCUT2D eigenvalue weighted by molar-refractivity contribution is 0.602. The molecule has 0 fully saturated rings. The Labute approximate surface area is 114 Å². The van der Waals surface area contributed by atoms with Crippen molar-refractivity contribution in [3.63, 3.8) is 0 Å². The third-order valence-electron chi connectivity index (χ3n) is 2.64. The SMILES string of the molecule is CCCn1cc(CNc2cn(C)nc2C)cn1.Cl. The van der Waals surface area contributed by atoms with Gasteiger partial charge in [0.15, 0.2) is 0 Å². The van der Waals surface area contributed by atoms with E-state index in [-0.39, 0.29) is 12.4 Å². The molecule has 0 unspecified atom stereocenters. The fraction of sp³-hybridized carbons (Fsp3) is 0.500. The van der Waals surface area contributed by atoms with Crippen LogP contribution in [-0.4, -0.2) is 19.6 Å². The first kappa shape index (κ1) is 14.6. The van der Waals surface area contributed by atoms with Crippen molar-refractivity contribution in [2.45, 2.75) is 33.4 Å². The van der Waals surface area contributed by atoms with Gasteiger partial charge in [0, 0.05) is 38.1 Å². The summed E-state index contributed by atoms with van der Waals surface area (Å²) in [5.41, 5.74) is 3.30. The average molecular weight is 270 g/mol. The second kappa shape index (κ2) is 6.44. The van der Waals surface area contributed by atoms with Crippen LogP contribution in [-0.2, 0) is 20.1 Å². The molecule has 100 valence electrons. The minimum atomic E-state index is 0. The van der Waals surface area contributed by atoms with Crippen LogP contribution in [0.4, 0.5) is 5.69 Å². The first-order valence-electron chi connectivity index (χ1n) is 5.94. The molecular weight excluding hydrogens is 250 g/mol. The molecule has 6 heteroatoms. The van der Waals surface area contributed by atoms with E-state index in [1.807, 2.05) is 35.7 Å². The van der Waals surface area contributed by atoms with Gasteiger partial charge in [-0.15, -0.1) is 12.4 Å². The molecule has 2 aromatic heterocycles. The van der Waals surface area contributed by atoms with Crippen LogP contribution in [0.5, 0.6) is 0 Å². The Morgan fingerprint density at radius 1 is 1.33 bits per heavy atom. The van der Waals surface area contributed by atoms with E-state index >= 15 is 0 Å². The van der Waals surface area contributed by atoms with Crippen LogP contribution in [0.2, 0.25) is 0 Å². The highest BCUT2D eigenvalue weighted by atomic mass is 35.5. The van der Waals surface area contributed by atoms with Crippen molar-refractivity contribution >= 4 is 18.1 Å². The smallest absolute Gasteiger partial charge is 0.0825 e. The average Bonchev–Trinajstić information content (AvgIpc) is 2.83. The van der Waals surface area contributed by atoms with Gasteiger partial charge < -0.3 is 5.32 Å². The molecule has 0 aromatic carbocycles. The fourth-order valence-corrected chi connectivity index (χ4v) is 1.82. The Kier molecular flexibility index (Phi) is 5.22. The third-order valence-corrected chi connectivity index (χ3v) is 2.64. The molecule has 1 N–H and O–H groups in total. The Hall–Kier alpha value is -1.49. The van der Waals surface area contributed by atoms with Gasteiger partial charge in [-0.1, -0.05) is 6.92 Å². The molecule has 0 aliphatic heterocycles. The maximum absolute atomic E-state index is 4.30. The summed E-state index contributed by atoms with van der Waals surface area (Å²) in [4.78, 5) is 0. The molecule has 18 heavy (non-hydrogen) atoms. The lowest BCUT2D eigenvalue weighted by atomic mass is 10.3. The van der Waals surface area contributed by atoms with Crippen LogP contribution in [0.15, 0.2) is 18.6 Å². The highest BCUT2D eigenvalue weighted by Crippen LogP contribution is 2.12. The van der Waals surface area contributed by atoms with Crippen molar-refractivity contribution in [2.24, 2.45) is 7.05 Å². The van der Waals surface area contributed by atoms with Crippen molar-refractivity contribution in [3.05, 3.63) is 29.8 Å². The van der Waals surface area contributed by atoms with Gasteiger partial charge in [0.1, 0.15) is 0 Å². The molecule has 0 spiro atoms. The number of nitrogens with one attached hydrogen (secondary N) is 1. The molecule has 0 aliphatic rings.